The van der Waals surface area contributed by atoms with Crippen LogP contribution >= 0.6 is 0 Å². The zero-order valence-corrected chi connectivity index (χ0v) is 9.20. The van der Waals surface area contributed by atoms with Crippen molar-refractivity contribution in [3.8, 4) is 6.07 Å². The summed E-state index contributed by atoms with van der Waals surface area (Å²) in [6.07, 6.45) is 5.83. The fourth-order valence-corrected chi connectivity index (χ4v) is 2.25. The maximum atomic E-state index is 9.04. The van der Waals surface area contributed by atoms with Gasteiger partial charge in [0.15, 0.2) is 0 Å². The molecule has 15 heavy (non-hydrogen) atoms. The smallest absolute Gasteiger partial charge is 0.101 e. The molecule has 0 unspecified atom stereocenters. The molecule has 0 bridgehead atoms. The van der Waals surface area contributed by atoms with Gasteiger partial charge in [-0.15, -0.1) is 0 Å². The van der Waals surface area contributed by atoms with Gasteiger partial charge in [-0.1, -0.05) is 0 Å². The molecular formula is C12H15N3. The first-order valence-corrected chi connectivity index (χ1v) is 5.27. The van der Waals surface area contributed by atoms with Crippen molar-refractivity contribution < 1.29 is 0 Å². The fraction of sp³-hybridized carbons (Fsp3) is 0.500. The summed E-state index contributed by atoms with van der Waals surface area (Å²) >= 11 is 0. The molecule has 1 saturated heterocycles. The van der Waals surface area contributed by atoms with Crippen LogP contribution in [-0.2, 0) is 0 Å². The highest BCUT2D eigenvalue weighted by molar-refractivity contribution is 5.59. The third-order valence-electron chi connectivity index (χ3n) is 3.11. The standard InChI is InChI=1S/C12H15N3/c1-12(2)5-3-7-15(12)11-9-14-6-4-10(11)8-13/h4,6,9H,3,5,7H2,1-2H3. The van der Waals surface area contributed by atoms with Crippen molar-refractivity contribution in [2.75, 3.05) is 11.4 Å². The number of hydrogen-bond donors (Lipinski definition) is 0. The van der Waals surface area contributed by atoms with Crippen LogP contribution in [0.3, 0.4) is 0 Å². The molecule has 2 rings (SSSR count). The Morgan fingerprint density at radius 3 is 2.93 bits per heavy atom. The maximum Gasteiger partial charge on any atom is 0.101 e. The summed E-state index contributed by atoms with van der Waals surface area (Å²) in [5.74, 6) is 0. The second kappa shape index (κ2) is 3.54. The Labute approximate surface area is 90.4 Å². The number of anilines is 1. The maximum absolute atomic E-state index is 9.04. The molecule has 0 amide bonds. The molecule has 2 heterocycles. The van der Waals surface area contributed by atoms with Crippen molar-refractivity contribution in [1.82, 2.24) is 4.98 Å². The van der Waals surface area contributed by atoms with Crippen LogP contribution in [-0.4, -0.2) is 17.1 Å². The van der Waals surface area contributed by atoms with Gasteiger partial charge in [0.1, 0.15) is 6.07 Å². The van der Waals surface area contributed by atoms with Gasteiger partial charge in [0, 0.05) is 18.3 Å². The Hall–Kier alpha value is -1.56. The lowest BCUT2D eigenvalue weighted by atomic mass is 10.0. The van der Waals surface area contributed by atoms with Crippen molar-refractivity contribution in [2.24, 2.45) is 0 Å². The summed E-state index contributed by atoms with van der Waals surface area (Å²) in [6.45, 7) is 5.45. The van der Waals surface area contributed by atoms with Crippen molar-refractivity contribution in [3.05, 3.63) is 24.0 Å². The zero-order valence-electron chi connectivity index (χ0n) is 9.20. The molecule has 1 aromatic heterocycles. The molecule has 1 aliphatic heterocycles. The van der Waals surface area contributed by atoms with E-state index >= 15 is 0 Å². The summed E-state index contributed by atoms with van der Waals surface area (Å²) in [4.78, 5) is 6.40. The normalized spacial score (nSPS) is 18.9. The van der Waals surface area contributed by atoms with E-state index in [0.717, 1.165) is 17.8 Å². The van der Waals surface area contributed by atoms with Gasteiger partial charge in [-0.2, -0.15) is 5.26 Å². The molecule has 0 aliphatic carbocycles. The zero-order chi connectivity index (χ0) is 10.9. The van der Waals surface area contributed by atoms with E-state index in [9.17, 15) is 0 Å². The fourth-order valence-electron chi connectivity index (χ4n) is 2.25. The van der Waals surface area contributed by atoms with Gasteiger partial charge >= 0.3 is 0 Å². The molecule has 0 atom stereocenters. The molecule has 1 aromatic rings. The number of rotatable bonds is 1. The van der Waals surface area contributed by atoms with E-state index in [0.29, 0.717) is 0 Å². The lowest BCUT2D eigenvalue weighted by Gasteiger charge is -2.33. The monoisotopic (exact) mass is 201 g/mol. The Balaban J connectivity index is 2.42. The third kappa shape index (κ3) is 1.68. The van der Waals surface area contributed by atoms with Crippen LogP contribution in [0.4, 0.5) is 5.69 Å². The first kappa shape index (κ1) is 9.97. The molecule has 0 aromatic carbocycles. The average Bonchev–Trinajstić information content (AvgIpc) is 2.58. The molecular weight excluding hydrogens is 186 g/mol. The third-order valence-corrected chi connectivity index (χ3v) is 3.11. The van der Waals surface area contributed by atoms with Gasteiger partial charge in [0.25, 0.3) is 0 Å². The lowest BCUT2D eigenvalue weighted by molar-refractivity contribution is 0.517. The highest BCUT2D eigenvalue weighted by Crippen LogP contribution is 2.34. The SMILES string of the molecule is CC1(C)CCCN1c1cnccc1C#N. The number of nitrogens with zero attached hydrogens (tertiary/aromatic N) is 3. The number of pyridine rings is 1. The van der Waals surface area contributed by atoms with E-state index in [1.54, 1.807) is 18.5 Å². The molecule has 3 heteroatoms. The van der Waals surface area contributed by atoms with Crippen LogP contribution in [0, 0.1) is 11.3 Å². The van der Waals surface area contributed by atoms with Crippen LogP contribution in [0.1, 0.15) is 32.3 Å². The predicted molar refractivity (Wildman–Crippen MR) is 59.6 cm³/mol. The van der Waals surface area contributed by atoms with E-state index in [2.05, 4.69) is 29.8 Å². The van der Waals surface area contributed by atoms with Crippen LogP contribution in [0.15, 0.2) is 18.5 Å². The number of hydrogen-bond acceptors (Lipinski definition) is 3. The Bertz CT molecular complexity index is 404. The van der Waals surface area contributed by atoms with Crippen LogP contribution < -0.4 is 4.90 Å². The largest absolute Gasteiger partial charge is 0.364 e. The highest BCUT2D eigenvalue weighted by atomic mass is 15.2. The van der Waals surface area contributed by atoms with E-state index in [1.807, 2.05) is 0 Å². The van der Waals surface area contributed by atoms with Crippen LogP contribution in [0.5, 0.6) is 0 Å². The van der Waals surface area contributed by atoms with Crippen LogP contribution in [0.25, 0.3) is 0 Å². The minimum atomic E-state index is 0.147. The van der Waals surface area contributed by atoms with E-state index in [4.69, 9.17) is 5.26 Å². The highest BCUT2D eigenvalue weighted by Gasteiger charge is 2.33. The van der Waals surface area contributed by atoms with Gasteiger partial charge in [-0.25, -0.2) is 0 Å². The lowest BCUT2D eigenvalue weighted by Crippen LogP contribution is -2.38. The van der Waals surface area contributed by atoms with E-state index in [-0.39, 0.29) is 5.54 Å². The second-order valence-electron chi connectivity index (χ2n) is 4.57. The molecule has 3 nitrogen and oxygen atoms in total. The van der Waals surface area contributed by atoms with Crippen molar-refractivity contribution >= 4 is 5.69 Å². The number of nitriles is 1. The predicted octanol–water partition coefficient (Wildman–Crippen LogP) is 2.33. The molecule has 0 N–H and O–H groups in total. The van der Waals surface area contributed by atoms with Crippen molar-refractivity contribution in [2.45, 2.75) is 32.2 Å². The summed E-state index contributed by atoms with van der Waals surface area (Å²) in [5, 5.41) is 9.04. The van der Waals surface area contributed by atoms with Crippen LogP contribution in [0.2, 0.25) is 0 Å². The van der Waals surface area contributed by atoms with E-state index in [1.165, 1.54) is 12.8 Å². The molecule has 1 fully saturated rings. The van der Waals surface area contributed by atoms with Gasteiger partial charge in [0.2, 0.25) is 0 Å². The van der Waals surface area contributed by atoms with Gasteiger partial charge in [-0.3, -0.25) is 4.98 Å². The molecule has 78 valence electrons. The molecule has 0 radical (unpaired) electrons. The topological polar surface area (TPSA) is 39.9 Å². The molecule has 0 spiro atoms. The summed E-state index contributed by atoms with van der Waals surface area (Å²) in [7, 11) is 0. The Kier molecular flexibility index (Phi) is 2.36. The molecule has 1 aliphatic rings. The summed E-state index contributed by atoms with van der Waals surface area (Å²) < 4.78 is 0. The quantitative estimate of drug-likeness (QED) is 0.700. The van der Waals surface area contributed by atoms with Gasteiger partial charge in [0.05, 0.1) is 17.4 Å². The van der Waals surface area contributed by atoms with E-state index < -0.39 is 0 Å². The van der Waals surface area contributed by atoms with Crippen molar-refractivity contribution in [3.63, 3.8) is 0 Å². The summed E-state index contributed by atoms with van der Waals surface area (Å²) in [5.41, 5.74) is 1.84. The Morgan fingerprint density at radius 1 is 1.53 bits per heavy atom. The van der Waals surface area contributed by atoms with Crippen molar-refractivity contribution in [1.29, 1.82) is 5.26 Å². The Morgan fingerprint density at radius 2 is 2.33 bits per heavy atom. The first-order valence-electron chi connectivity index (χ1n) is 5.27. The minimum absolute atomic E-state index is 0.147. The van der Waals surface area contributed by atoms with Gasteiger partial charge in [-0.05, 0) is 32.8 Å². The molecule has 0 saturated carbocycles. The summed E-state index contributed by atoms with van der Waals surface area (Å²) in [6, 6.07) is 4.01. The second-order valence-corrected chi connectivity index (χ2v) is 4.57. The van der Waals surface area contributed by atoms with Gasteiger partial charge < -0.3 is 4.90 Å². The minimum Gasteiger partial charge on any atom is -0.364 e. The first-order chi connectivity index (χ1) is 7.15. The number of aromatic nitrogens is 1. The average molecular weight is 201 g/mol.